The molecule has 0 atom stereocenters. The topological polar surface area (TPSA) is 136 Å². The van der Waals surface area contributed by atoms with Crippen molar-refractivity contribution in [3.05, 3.63) is 97.4 Å². The van der Waals surface area contributed by atoms with Gasteiger partial charge in [0.05, 0.1) is 0 Å². The monoisotopic (exact) mass is 554 g/mol. The Balaban J connectivity index is 1.69. The Morgan fingerprint density at radius 1 is 1.03 bits per heavy atom. The molecule has 3 rings (SSSR count). The third kappa shape index (κ3) is 8.87. The van der Waals surface area contributed by atoms with Gasteiger partial charge in [0.1, 0.15) is 29.5 Å². The van der Waals surface area contributed by atoms with Crippen LogP contribution in [0.5, 0.6) is 5.75 Å². The second-order valence-corrected chi connectivity index (χ2v) is 10.5. The second kappa shape index (κ2) is 13.3. The molecule has 2 amide bonds. The Morgan fingerprint density at radius 2 is 1.72 bits per heavy atom. The number of aromatic amines is 1. The Kier molecular flexibility index (Phi) is 10.1. The van der Waals surface area contributed by atoms with E-state index in [1.165, 1.54) is 0 Å². The second-order valence-electron chi connectivity index (χ2n) is 10.1. The summed E-state index contributed by atoms with van der Waals surface area (Å²) >= 11 is 6.40. The fraction of sp³-hybridized carbons (Fsp3) is 0.345. The molecule has 0 aliphatic rings. The summed E-state index contributed by atoms with van der Waals surface area (Å²) in [6, 6.07) is 15.3. The smallest absolute Gasteiger partial charge is 0.408 e. The summed E-state index contributed by atoms with van der Waals surface area (Å²) in [5.74, 6) is -0.0142. The minimum atomic E-state index is -0.654. The summed E-state index contributed by atoms with van der Waals surface area (Å²) in [4.78, 5) is 39.2. The van der Waals surface area contributed by atoms with Gasteiger partial charge in [-0.2, -0.15) is 0 Å². The molecule has 3 aromatic rings. The van der Waals surface area contributed by atoms with E-state index < -0.39 is 17.3 Å². The number of benzene rings is 2. The van der Waals surface area contributed by atoms with Crippen molar-refractivity contribution in [3.63, 3.8) is 0 Å². The lowest BCUT2D eigenvalue weighted by Crippen LogP contribution is -2.39. The molecule has 0 fully saturated rings. The Morgan fingerprint density at radius 3 is 2.41 bits per heavy atom. The van der Waals surface area contributed by atoms with E-state index in [4.69, 9.17) is 26.8 Å². The molecular formula is C29H35ClN4O5. The van der Waals surface area contributed by atoms with Crippen LogP contribution in [-0.4, -0.2) is 29.1 Å². The van der Waals surface area contributed by atoms with E-state index in [2.05, 4.69) is 15.6 Å². The molecule has 9 nitrogen and oxygen atoms in total. The van der Waals surface area contributed by atoms with Crippen molar-refractivity contribution in [2.24, 2.45) is 5.73 Å². The fourth-order valence-electron chi connectivity index (χ4n) is 3.90. The number of ether oxygens (including phenoxy) is 2. The number of pyridine rings is 1. The largest absolute Gasteiger partial charge is 0.487 e. The van der Waals surface area contributed by atoms with Crippen LogP contribution in [0.15, 0.2) is 53.3 Å². The molecule has 0 saturated heterocycles. The van der Waals surface area contributed by atoms with Gasteiger partial charge in [0, 0.05) is 30.8 Å². The molecule has 0 spiro atoms. The summed E-state index contributed by atoms with van der Waals surface area (Å²) in [7, 11) is 0. The number of alkyl carbamates (subject to hydrolysis) is 1. The molecule has 0 unspecified atom stereocenters. The number of halogens is 1. The maximum absolute atomic E-state index is 12.4. The van der Waals surface area contributed by atoms with Crippen LogP contribution in [0.3, 0.4) is 0 Å². The number of carbonyl (C=O) groups is 2. The van der Waals surface area contributed by atoms with Crippen LogP contribution >= 0.6 is 11.6 Å². The van der Waals surface area contributed by atoms with Crippen molar-refractivity contribution < 1.29 is 19.1 Å². The Labute approximate surface area is 233 Å². The number of H-pyrrole nitrogens is 1. The van der Waals surface area contributed by atoms with Crippen molar-refractivity contribution in [1.82, 2.24) is 15.6 Å². The van der Waals surface area contributed by atoms with Crippen LogP contribution in [0.2, 0.25) is 5.02 Å². The predicted molar refractivity (Wildman–Crippen MR) is 151 cm³/mol. The lowest BCUT2D eigenvalue weighted by molar-refractivity contribution is -0.120. The maximum Gasteiger partial charge on any atom is 0.408 e. The van der Waals surface area contributed by atoms with Gasteiger partial charge >= 0.3 is 6.09 Å². The number of aromatic nitrogens is 1. The van der Waals surface area contributed by atoms with Crippen LogP contribution in [0, 0.1) is 6.92 Å². The minimum absolute atomic E-state index is 0.0123. The van der Waals surface area contributed by atoms with E-state index in [0.717, 1.165) is 27.8 Å². The molecule has 0 saturated carbocycles. The zero-order chi connectivity index (χ0) is 28.6. The van der Waals surface area contributed by atoms with Gasteiger partial charge < -0.3 is 30.8 Å². The predicted octanol–water partition coefficient (Wildman–Crippen LogP) is 4.11. The number of nitrogens with one attached hydrogen (secondary N) is 3. The number of rotatable bonds is 10. The van der Waals surface area contributed by atoms with E-state index in [9.17, 15) is 14.4 Å². The van der Waals surface area contributed by atoms with Gasteiger partial charge in [-0.15, -0.1) is 0 Å². The third-order valence-corrected chi connectivity index (χ3v) is 6.13. The van der Waals surface area contributed by atoms with Gasteiger partial charge in [0.2, 0.25) is 5.91 Å². The summed E-state index contributed by atoms with van der Waals surface area (Å²) in [5, 5.41) is 5.21. The quantitative estimate of drug-likeness (QED) is 0.298. The van der Waals surface area contributed by atoms with E-state index in [1.807, 2.05) is 48.5 Å². The van der Waals surface area contributed by atoms with Crippen LogP contribution in [0.25, 0.3) is 0 Å². The average Bonchev–Trinajstić information content (AvgIpc) is 2.88. The van der Waals surface area contributed by atoms with Gasteiger partial charge in [0.15, 0.2) is 0 Å². The SMILES string of the molecule is Cc1[nH]c(=O)c(Cl)c(OCc2ccccc2CN)c1Cc1cccc(CNC(=O)CNC(=O)OC(C)(C)C)c1. The van der Waals surface area contributed by atoms with Gasteiger partial charge in [-0.3, -0.25) is 9.59 Å². The highest BCUT2D eigenvalue weighted by Gasteiger charge is 2.18. The molecule has 10 heteroatoms. The lowest BCUT2D eigenvalue weighted by atomic mass is 10.0. The number of hydrogen-bond acceptors (Lipinski definition) is 6. The number of hydrogen-bond donors (Lipinski definition) is 4. The molecular weight excluding hydrogens is 520 g/mol. The summed E-state index contributed by atoms with van der Waals surface area (Å²) in [5.41, 5.74) is 9.87. The first kappa shape index (κ1) is 29.7. The van der Waals surface area contributed by atoms with Crippen LogP contribution < -0.4 is 26.7 Å². The number of amides is 2. The molecule has 1 aromatic heterocycles. The van der Waals surface area contributed by atoms with Gasteiger partial charge in [-0.25, -0.2) is 4.79 Å². The zero-order valence-corrected chi connectivity index (χ0v) is 23.4. The van der Waals surface area contributed by atoms with Crippen molar-refractivity contribution in [3.8, 4) is 5.75 Å². The highest BCUT2D eigenvalue weighted by Crippen LogP contribution is 2.30. The standard InChI is InChI=1S/C29H35ClN4O5/c1-18-23(26(25(30)27(36)34-18)38-17-22-11-6-5-10-21(22)14-31)13-19-8-7-9-20(12-19)15-32-24(35)16-33-28(37)39-29(2,3)4/h5-12H,13-17,31H2,1-4H3,(H,32,35)(H,33,37)(H,34,36). The van der Waals surface area contributed by atoms with E-state index >= 15 is 0 Å². The van der Waals surface area contributed by atoms with Crippen molar-refractivity contribution in [2.45, 2.75) is 59.4 Å². The van der Waals surface area contributed by atoms with Gasteiger partial charge in [-0.05, 0) is 49.9 Å². The van der Waals surface area contributed by atoms with Crippen molar-refractivity contribution >= 4 is 23.6 Å². The summed E-state index contributed by atoms with van der Waals surface area (Å²) in [6.45, 7) is 7.70. The fourth-order valence-corrected chi connectivity index (χ4v) is 4.12. The van der Waals surface area contributed by atoms with Gasteiger partial charge in [0.25, 0.3) is 5.56 Å². The Hall–Kier alpha value is -3.82. The first-order valence-corrected chi connectivity index (χ1v) is 13.0. The van der Waals surface area contributed by atoms with Crippen molar-refractivity contribution in [2.75, 3.05) is 6.54 Å². The zero-order valence-electron chi connectivity index (χ0n) is 22.7. The molecule has 0 aliphatic heterocycles. The number of aryl methyl sites for hydroxylation is 1. The van der Waals surface area contributed by atoms with Crippen LogP contribution in [0.1, 0.15) is 54.3 Å². The molecule has 5 N–H and O–H groups in total. The van der Waals surface area contributed by atoms with Crippen molar-refractivity contribution in [1.29, 1.82) is 0 Å². The number of carbonyl (C=O) groups excluding carboxylic acids is 2. The normalized spacial score (nSPS) is 11.1. The number of nitrogens with two attached hydrogens (primary N) is 1. The van der Waals surface area contributed by atoms with Crippen LogP contribution in [0.4, 0.5) is 4.79 Å². The molecule has 208 valence electrons. The average molecular weight is 555 g/mol. The van der Waals surface area contributed by atoms with E-state index in [0.29, 0.717) is 24.4 Å². The highest BCUT2D eigenvalue weighted by atomic mass is 35.5. The summed E-state index contributed by atoms with van der Waals surface area (Å²) in [6.07, 6.45) is -0.211. The molecule has 0 bridgehead atoms. The molecule has 0 aliphatic carbocycles. The first-order chi connectivity index (χ1) is 18.5. The highest BCUT2D eigenvalue weighted by molar-refractivity contribution is 6.32. The Bertz CT molecular complexity index is 1380. The summed E-state index contributed by atoms with van der Waals surface area (Å²) < 4.78 is 11.2. The molecule has 0 radical (unpaired) electrons. The van der Waals surface area contributed by atoms with Crippen LogP contribution in [-0.2, 0) is 35.6 Å². The molecule has 1 heterocycles. The third-order valence-electron chi connectivity index (χ3n) is 5.79. The maximum atomic E-state index is 12.4. The minimum Gasteiger partial charge on any atom is -0.487 e. The lowest BCUT2D eigenvalue weighted by Gasteiger charge is -2.19. The first-order valence-electron chi connectivity index (χ1n) is 12.6. The molecule has 39 heavy (non-hydrogen) atoms. The molecule has 2 aromatic carbocycles. The van der Waals surface area contributed by atoms with E-state index in [1.54, 1.807) is 27.7 Å². The van der Waals surface area contributed by atoms with E-state index in [-0.39, 0.29) is 30.6 Å². The van der Waals surface area contributed by atoms with Gasteiger partial charge in [-0.1, -0.05) is 60.1 Å².